The second-order valence-corrected chi connectivity index (χ2v) is 4.50. The molecule has 1 atom stereocenters. The molecule has 0 unspecified atom stereocenters. The minimum atomic E-state index is -0.119. The van der Waals surface area contributed by atoms with Crippen molar-refractivity contribution in [2.24, 2.45) is 0 Å². The van der Waals surface area contributed by atoms with Crippen molar-refractivity contribution in [2.45, 2.75) is 25.3 Å². The molecule has 0 radical (unpaired) electrons. The van der Waals surface area contributed by atoms with Gasteiger partial charge in [-0.1, -0.05) is 18.6 Å². The summed E-state index contributed by atoms with van der Waals surface area (Å²) in [5.41, 5.74) is 0.791. The number of hydrogen-bond donors (Lipinski definition) is 1. The first kappa shape index (κ1) is 10.1. The van der Waals surface area contributed by atoms with E-state index in [-0.39, 0.29) is 11.9 Å². The summed E-state index contributed by atoms with van der Waals surface area (Å²) in [4.78, 5) is 0. The number of nitrogens with one attached hydrogen (secondary N) is 1. The van der Waals surface area contributed by atoms with Crippen molar-refractivity contribution in [3.8, 4) is 0 Å². The molecule has 0 aromatic heterocycles. The zero-order chi connectivity index (χ0) is 9.97. The average molecular weight is 258 g/mol. The van der Waals surface area contributed by atoms with Gasteiger partial charge in [-0.15, -0.1) is 0 Å². The Kier molecular flexibility index (Phi) is 3.19. The van der Waals surface area contributed by atoms with E-state index in [0.29, 0.717) is 4.47 Å². The molecular weight excluding hydrogens is 245 g/mol. The summed E-state index contributed by atoms with van der Waals surface area (Å²) in [5.74, 6) is -0.119. The maximum Gasteiger partial charge on any atom is 0.142 e. The average Bonchev–Trinajstić information content (AvgIpc) is 2.23. The van der Waals surface area contributed by atoms with Crippen LogP contribution in [0, 0.1) is 5.82 Å². The molecule has 0 saturated carbocycles. The van der Waals surface area contributed by atoms with Gasteiger partial charge in [0.05, 0.1) is 4.47 Å². The van der Waals surface area contributed by atoms with Crippen LogP contribution in [0.15, 0.2) is 22.7 Å². The summed E-state index contributed by atoms with van der Waals surface area (Å²) >= 11 is 3.21. The third kappa shape index (κ3) is 1.98. The van der Waals surface area contributed by atoms with Crippen molar-refractivity contribution in [3.63, 3.8) is 0 Å². The number of halogens is 2. The number of hydrogen-bond acceptors (Lipinski definition) is 1. The van der Waals surface area contributed by atoms with Gasteiger partial charge >= 0.3 is 0 Å². The normalized spacial score (nSPS) is 22.3. The van der Waals surface area contributed by atoms with Gasteiger partial charge in [-0.25, -0.2) is 4.39 Å². The van der Waals surface area contributed by atoms with Crippen LogP contribution in [0.2, 0.25) is 0 Å². The molecule has 1 saturated heterocycles. The molecule has 1 aromatic carbocycles. The quantitative estimate of drug-likeness (QED) is 0.814. The van der Waals surface area contributed by atoms with E-state index in [2.05, 4.69) is 21.2 Å². The van der Waals surface area contributed by atoms with Crippen LogP contribution in [0.5, 0.6) is 0 Å². The van der Waals surface area contributed by atoms with Crippen molar-refractivity contribution in [3.05, 3.63) is 34.1 Å². The number of piperidine rings is 1. The third-order valence-corrected chi connectivity index (χ3v) is 3.28. The van der Waals surface area contributed by atoms with Crippen LogP contribution in [0.25, 0.3) is 0 Å². The summed E-state index contributed by atoms with van der Waals surface area (Å²) < 4.78 is 14.3. The molecule has 0 bridgehead atoms. The van der Waals surface area contributed by atoms with E-state index in [9.17, 15) is 4.39 Å². The molecule has 0 spiro atoms. The highest BCUT2D eigenvalue weighted by molar-refractivity contribution is 9.10. The molecule has 1 heterocycles. The van der Waals surface area contributed by atoms with Crippen molar-refractivity contribution in [1.29, 1.82) is 0 Å². The lowest BCUT2D eigenvalue weighted by Gasteiger charge is -2.24. The van der Waals surface area contributed by atoms with Crippen molar-refractivity contribution in [1.82, 2.24) is 5.32 Å². The van der Waals surface area contributed by atoms with E-state index in [1.54, 1.807) is 6.07 Å². The Labute approximate surface area is 91.8 Å². The molecule has 2 rings (SSSR count). The second-order valence-electron chi connectivity index (χ2n) is 3.65. The van der Waals surface area contributed by atoms with Crippen LogP contribution in [-0.4, -0.2) is 6.54 Å². The Morgan fingerprint density at radius 3 is 2.93 bits per heavy atom. The van der Waals surface area contributed by atoms with E-state index in [1.807, 2.05) is 12.1 Å². The van der Waals surface area contributed by atoms with Gasteiger partial charge < -0.3 is 5.32 Å². The fraction of sp³-hybridized carbons (Fsp3) is 0.455. The first-order valence-corrected chi connectivity index (χ1v) is 5.75. The molecule has 1 nitrogen and oxygen atoms in total. The number of rotatable bonds is 1. The van der Waals surface area contributed by atoms with E-state index < -0.39 is 0 Å². The van der Waals surface area contributed by atoms with E-state index in [0.717, 1.165) is 18.5 Å². The maximum absolute atomic E-state index is 13.7. The molecular formula is C11H13BrFN. The molecule has 1 N–H and O–H groups in total. The topological polar surface area (TPSA) is 12.0 Å². The van der Waals surface area contributed by atoms with Crippen molar-refractivity contribution >= 4 is 15.9 Å². The van der Waals surface area contributed by atoms with Crippen LogP contribution >= 0.6 is 15.9 Å². The fourth-order valence-corrected chi connectivity index (χ4v) is 2.29. The Morgan fingerprint density at radius 1 is 1.36 bits per heavy atom. The molecule has 3 heteroatoms. The zero-order valence-electron chi connectivity index (χ0n) is 7.89. The lowest BCUT2D eigenvalue weighted by atomic mass is 9.97. The fourth-order valence-electron chi connectivity index (χ4n) is 1.91. The Morgan fingerprint density at radius 2 is 2.21 bits per heavy atom. The minimum Gasteiger partial charge on any atom is -0.310 e. The Bertz CT molecular complexity index is 321. The molecule has 14 heavy (non-hydrogen) atoms. The lowest BCUT2D eigenvalue weighted by molar-refractivity contribution is 0.399. The summed E-state index contributed by atoms with van der Waals surface area (Å²) in [5, 5.41) is 3.34. The molecule has 1 aromatic rings. The molecule has 0 amide bonds. The molecule has 1 aliphatic heterocycles. The van der Waals surface area contributed by atoms with E-state index in [4.69, 9.17) is 0 Å². The van der Waals surface area contributed by atoms with Crippen LogP contribution in [0.4, 0.5) is 4.39 Å². The molecule has 76 valence electrons. The van der Waals surface area contributed by atoms with E-state index in [1.165, 1.54) is 12.8 Å². The van der Waals surface area contributed by atoms with Gasteiger partial charge in [0.2, 0.25) is 0 Å². The summed E-state index contributed by atoms with van der Waals surface area (Å²) in [6.07, 6.45) is 3.42. The SMILES string of the molecule is Fc1c(Br)cccc1[C@@H]1CCCCN1. The zero-order valence-corrected chi connectivity index (χ0v) is 9.48. The molecule has 1 aliphatic rings. The standard InChI is InChI=1S/C11H13BrFN/c12-9-5-3-4-8(11(9)13)10-6-1-2-7-14-10/h3-5,10,14H,1-2,6-7H2/t10-/m0/s1. The predicted molar refractivity (Wildman–Crippen MR) is 58.7 cm³/mol. The largest absolute Gasteiger partial charge is 0.310 e. The predicted octanol–water partition coefficient (Wildman–Crippen LogP) is 3.40. The Hall–Kier alpha value is -0.410. The first-order valence-electron chi connectivity index (χ1n) is 4.96. The third-order valence-electron chi connectivity index (χ3n) is 2.67. The summed E-state index contributed by atoms with van der Waals surface area (Å²) in [7, 11) is 0. The van der Waals surface area contributed by atoms with Crippen molar-refractivity contribution < 1.29 is 4.39 Å². The van der Waals surface area contributed by atoms with Gasteiger partial charge in [0, 0.05) is 11.6 Å². The van der Waals surface area contributed by atoms with Gasteiger partial charge in [-0.05, 0) is 41.4 Å². The highest BCUT2D eigenvalue weighted by atomic mass is 79.9. The monoisotopic (exact) mass is 257 g/mol. The highest BCUT2D eigenvalue weighted by Gasteiger charge is 2.18. The Balaban J connectivity index is 2.26. The summed E-state index contributed by atoms with van der Waals surface area (Å²) in [6.45, 7) is 0.997. The lowest BCUT2D eigenvalue weighted by Crippen LogP contribution is -2.27. The maximum atomic E-state index is 13.7. The summed E-state index contributed by atoms with van der Waals surface area (Å²) in [6, 6.07) is 5.69. The van der Waals surface area contributed by atoms with E-state index >= 15 is 0 Å². The van der Waals surface area contributed by atoms with Gasteiger partial charge in [0.25, 0.3) is 0 Å². The smallest absolute Gasteiger partial charge is 0.142 e. The first-order chi connectivity index (χ1) is 6.79. The highest BCUT2D eigenvalue weighted by Crippen LogP contribution is 2.28. The van der Waals surface area contributed by atoms with Crippen LogP contribution in [0.1, 0.15) is 30.9 Å². The van der Waals surface area contributed by atoms with Gasteiger partial charge in [0.1, 0.15) is 5.82 Å². The van der Waals surface area contributed by atoms with Crippen LogP contribution in [0.3, 0.4) is 0 Å². The van der Waals surface area contributed by atoms with Crippen LogP contribution in [-0.2, 0) is 0 Å². The second kappa shape index (κ2) is 4.41. The number of benzene rings is 1. The molecule has 1 fully saturated rings. The van der Waals surface area contributed by atoms with Gasteiger partial charge in [-0.2, -0.15) is 0 Å². The molecule has 0 aliphatic carbocycles. The van der Waals surface area contributed by atoms with Crippen LogP contribution < -0.4 is 5.32 Å². The minimum absolute atomic E-state index is 0.119. The van der Waals surface area contributed by atoms with Crippen molar-refractivity contribution in [2.75, 3.05) is 6.54 Å². The van der Waals surface area contributed by atoms with Gasteiger partial charge in [0.15, 0.2) is 0 Å². The van der Waals surface area contributed by atoms with Gasteiger partial charge in [-0.3, -0.25) is 0 Å².